The highest BCUT2D eigenvalue weighted by atomic mass is 15.1. The third-order valence-corrected chi connectivity index (χ3v) is 4.23. The van der Waals surface area contributed by atoms with Crippen LogP contribution in [0.4, 0.5) is 5.69 Å². The standard InChI is InChI=1S/C15H22N2/c1-15(2)10-17(3)13-8-4-6-11(14(13)15)12-7-5-9-16-12/h4,6,8,12,16H,5,7,9-10H2,1-3H3. The van der Waals surface area contributed by atoms with E-state index in [2.05, 4.69) is 49.3 Å². The van der Waals surface area contributed by atoms with Gasteiger partial charge in [-0.3, -0.25) is 0 Å². The molecule has 92 valence electrons. The summed E-state index contributed by atoms with van der Waals surface area (Å²) in [5.41, 5.74) is 4.82. The third kappa shape index (κ3) is 1.66. The lowest BCUT2D eigenvalue weighted by molar-refractivity contribution is 0.542. The van der Waals surface area contributed by atoms with Gasteiger partial charge in [0.25, 0.3) is 0 Å². The second-order valence-corrected chi connectivity index (χ2v) is 6.13. The fourth-order valence-electron chi connectivity index (χ4n) is 3.61. The number of nitrogens with one attached hydrogen (secondary N) is 1. The molecule has 0 radical (unpaired) electrons. The van der Waals surface area contributed by atoms with Crippen molar-refractivity contribution in [3.05, 3.63) is 29.3 Å². The van der Waals surface area contributed by atoms with Crippen molar-refractivity contribution in [2.24, 2.45) is 0 Å². The van der Waals surface area contributed by atoms with Crippen LogP contribution in [-0.2, 0) is 5.41 Å². The number of anilines is 1. The third-order valence-electron chi connectivity index (χ3n) is 4.23. The molecule has 0 bridgehead atoms. The normalized spacial score (nSPS) is 26.3. The minimum absolute atomic E-state index is 0.283. The van der Waals surface area contributed by atoms with Crippen LogP contribution < -0.4 is 10.2 Å². The number of rotatable bonds is 1. The Morgan fingerprint density at radius 2 is 2.18 bits per heavy atom. The van der Waals surface area contributed by atoms with Crippen molar-refractivity contribution in [1.29, 1.82) is 0 Å². The summed E-state index contributed by atoms with van der Waals surface area (Å²) < 4.78 is 0. The van der Waals surface area contributed by atoms with E-state index < -0.39 is 0 Å². The van der Waals surface area contributed by atoms with Crippen molar-refractivity contribution >= 4 is 5.69 Å². The topological polar surface area (TPSA) is 15.3 Å². The fourth-order valence-corrected chi connectivity index (χ4v) is 3.61. The van der Waals surface area contributed by atoms with Crippen LogP contribution >= 0.6 is 0 Å². The van der Waals surface area contributed by atoms with Crippen LogP contribution in [0.5, 0.6) is 0 Å². The van der Waals surface area contributed by atoms with Crippen molar-refractivity contribution < 1.29 is 0 Å². The Kier molecular flexibility index (Phi) is 2.44. The molecule has 2 aliphatic heterocycles. The van der Waals surface area contributed by atoms with Gasteiger partial charge in [0, 0.05) is 30.7 Å². The number of hydrogen-bond donors (Lipinski definition) is 1. The van der Waals surface area contributed by atoms with Crippen LogP contribution in [-0.4, -0.2) is 20.1 Å². The van der Waals surface area contributed by atoms with E-state index in [1.54, 1.807) is 5.56 Å². The number of likely N-dealkylation sites (N-methyl/N-ethyl adjacent to an activating group) is 1. The van der Waals surface area contributed by atoms with Gasteiger partial charge in [-0.05, 0) is 36.6 Å². The molecular formula is C15H22N2. The summed E-state index contributed by atoms with van der Waals surface area (Å²) in [4.78, 5) is 2.40. The average molecular weight is 230 g/mol. The minimum atomic E-state index is 0.283. The molecule has 2 heterocycles. The monoisotopic (exact) mass is 230 g/mol. The Labute approximate surface area is 104 Å². The molecule has 0 aliphatic carbocycles. The van der Waals surface area contributed by atoms with Crippen LogP contribution in [0, 0.1) is 0 Å². The van der Waals surface area contributed by atoms with Crippen LogP contribution in [0.15, 0.2) is 18.2 Å². The lowest BCUT2D eigenvalue weighted by Gasteiger charge is -2.24. The molecule has 0 aromatic heterocycles. The predicted molar refractivity (Wildman–Crippen MR) is 72.7 cm³/mol. The molecule has 0 amide bonds. The number of benzene rings is 1. The van der Waals surface area contributed by atoms with Crippen molar-refractivity contribution in [2.75, 3.05) is 25.0 Å². The lowest BCUT2D eigenvalue weighted by Crippen LogP contribution is -2.26. The zero-order chi connectivity index (χ0) is 12.0. The maximum atomic E-state index is 3.64. The van der Waals surface area contributed by atoms with Crippen molar-refractivity contribution in [3.63, 3.8) is 0 Å². The Morgan fingerprint density at radius 3 is 2.88 bits per heavy atom. The maximum absolute atomic E-state index is 3.64. The largest absolute Gasteiger partial charge is 0.373 e. The lowest BCUT2D eigenvalue weighted by atomic mass is 9.81. The molecule has 17 heavy (non-hydrogen) atoms. The van der Waals surface area contributed by atoms with Crippen molar-refractivity contribution in [2.45, 2.75) is 38.1 Å². The van der Waals surface area contributed by atoms with Gasteiger partial charge in [0.05, 0.1) is 0 Å². The summed E-state index contributed by atoms with van der Waals surface area (Å²) in [6, 6.07) is 7.38. The van der Waals surface area contributed by atoms with E-state index in [0.717, 1.165) is 6.54 Å². The molecule has 2 nitrogen and oxygen atoms in total. The summed E-state index contributed by atoms with van der Waals surface area (Å²) in [5.74, 6) is 0. The van der Waals surface area contributed by atoms with E-state index in [1.165, 1.54) is 30.6 Å². The predicted octanol–water partition coefficient (Wildman–Crippen LogP) is 2.84. The van der Waals surface area contributed by atoms with Gasteiger partial charge in [0.15, 0.2) is 0 Å². The Hall–Kier alpha value is -1.02. The van der Waals surface area contributed by atoms with Gasteiger partial charge < -0.3 is 10.2 Å². The first-order valence-electron chi connectivity index (χ1n) is 6.67. The summed E-state index contributed by atoms with van der Waals surface area (Å²) >= 11 is 0. The fraction of sp³-hybridized carbons (Fsp3) is 0.600. The molecule has 1 aromatic rings. The van der Waals surface area contributed by atoms with E-state index in [-0.39, 0.29) is 5.41 Å². The summed E-state index contributed by atoms with van der Waals surface area (Å²) in [5, 5.41) is 3.64. The Morgan fingerprint density at radius 1 is 1.35 bits per heavy atom. The SMILES string of the molecule is CN1CC(C)(C)c2c(C3CCCN3)cccc21. The van der Waals surface area contributed by atoms with E-state index in [4.69, 9.17) is 0 Å². The van der Waals surface area contributed by atoms with Crippen molar-refractivity contribution in [1.82, 2.24) is 5.32 Å². The second kappa shape index (κ2) is 3.74. The number of nitrogens with zero attached hydrogens (tertiary/aromatic N) is 1. The average Bonchev–Trinajstić information content (AvgIpc) is 2.87. The Bertz CT molecular complexity index is 431. The summed E-state index contributed by atoms with van der Waals surface area (Å²) in [7, 11) is 2.21. The molecular weight excluding hydrogens is 208 g/mol. The molecule has 1 N–H and O–H groups in total. The molecule has 1 fully saturated rings. The van der Waals surface area contributed by atoms with E-state index in [9.17, 15) is 0 Å². The Balaban J connectivity index is 2.12. The summed E-state index contributed by atoms with van der Waals surface area (Å²) in [6.07, 6.45) is 2.60. The molecule has 2 aliphatic rings. The van der Waals surface area contributed by atoms with E-state index in [1.807, 2.05) is 0 Å². The molecule has 2 heteroatoms. The number of hydrogen-bond acceptors (Lipinski definition) is 2. The van der Waals surface area contributed by atoms with Gasteiger partial charge in [0.2, 0.25) is 0 Å². The van der Waals surface area contributed by atoms with E-state index in [0.29, 0.717) is 6.04 Å². The highest BCUT2D eigenvalue weighted by Crippen LogP contribution is 2.44. The molecule has 0 spiro atoms. The minimum Gasteiger partial charge on any atom is -0.373 e. The number of fused-ring (bicyclic) bond motifs is 1. The van der Waals surface area contributed by atoms with Crippen LogP contribution in [0.25, 0.3) is 0 Å². The first kappa shape index (κ1) is 11.1. The van der Waals surface area contributed by atoms with Gasteiger partial charge >= 0.3 is 0 Å². The smallest absolute Gasteiger partial charge is 0.0406 e. The van der Waals surface area contributed by atoms with Crippen LogP contribution in [0.2, 0.25) is 0 Å². The van der Waals surface area contributed by atoms with Gasteiger partial charge in [-0.1, -0.05) is 26.0 Å². The molecule has 1 unspecified atom stereocenters. The highest BCUT2D eigenvalue weighted by Gasteiger charge is 2.37. The van der Waals surface area contributed by atoms with Gasteiger partial charge in [-0.15, -0.1) is 0 Å². The van der Waals surface area contributed by atoms with Crippen LogP contribution in [0.1, 0.15) is 43.9 Å². The van der Waals surface area contributed by atoms with Gasteiger partial charge in [0.1, 0.15) is 0 Å². The second-order valence-electron chi connectivity index (χ2n) is 6.13. The van der Waals surface area contributed by atoms with Crippen molar-refractivity contribution in [3.8, 4) is 0 Å². The molecule has 3 rings (SSSR count). The van der Waals surface area contributed by atoms with E-state index >= 15 is 0 Å². The maximum Gasteiger partial charge on any atom is 0.0406 e. The molecule has 1 atom stereocenters. The zero-order valence-corrected chi connectivity index (χ0v) is 11.1. The molecule has 1 saturated heterocycles. The molecule has 1 aromatic carbocycles. The zero-order valence-electron chi connectivity index (χ0n) is 11.1. The highest BCUT2D eigenvalue weighted by molar-refractivity contribution is 5.65. The first-order chi connectivity index (χ1) is 8.09. The van der Waals surface area contributed by atoms with Crippen LogP contribution in [0.3, 0.4) is 0 Å². The molecule has 0 saturated carbocycles. The summed E-state index contributed by atoms with van der Waals surface area (Å²) in [6.45, 7) is 7.04. The quantitative estimate of drug-likeness (QED) is 0.798. The first-order valence-corrected chi connectivity index (χ1v) is 6.67. The van der Waals surface area contributed by atoms with Gasteiger partial charge in [-0.2, -0.15) is 0 Å². The van der Waals surface area contributed by atoms with Gasteiger partial charge in [-0.25, -0.2) is 0 Å².